The van der Waals surface area contributed by atoms with Crippen LogP contribution in [0.15, 0.2) is 78.5 Å². The number of Topliss-reactive ketones (excluding diaryl/α,β-unsaturated/α-hetero) is 1. The van der Waals surface area contributed by atoms with Crippen molar-refractivity contribution in [2.45, 2.75) is 39.7 Å². The molecule has 1 aliphatic rings. The van der Waals surface area contributed by atoms with Gasteiger partial charge >= 0.3 is 0 Å². The number of para-hydroxylation sites is 2. The number of carbonyl (C=O) groups excluding carboxylic acids is 2. The fourth-order valence-corrected chi connectivity index (χ4v) is 5.12. The van der Waals surface area contributed by atoms with Gasteiger partial charge in [-0.3, -0.25) is 14.5 Å². The van der Waals surface area contributed by atoms with Gasteiger partial charge in [-0.25, -0.2) is 0 Å². The number of H-pyrrole nitrogens is 1. The van der Waals surface area contributed by atoms with Crippen LogP contribution in [0, 0.1) is 6.92 Å². The lowest BCUT2D eigenvalue weighted by Gasteiger charge is -2.26. The van der Waals surface area contributed by atoms with Crippen LogP contribution in [0.2, 0.25) is 0 Å². The summed E-state index contributed by atoms with van der Waals surface area (Å²) in [5.41, 5.74) is 4.58. The number of aromatic amines is 1. The molecule has 6 heteroatoms. The van der Waals surface area contributed by atoms with E-state index >= 15 is 0 Å². The maximum Gasteiger partial charge on any atom is 0.300 e. The summed E-state index contributed by atoms with van der Waals surface area (Å²) in [4.78, 5) is 31.9. The normalized spacial score (nSPS) is 17.2. The van der Waals surface area contributed by atoms with Crippen LogP contribution in [0.25, 0.3) is 16.7 Å². The van der Waals surface area contributed by atoms with Gasteiger partial charge in [0.1, 0.15) is 11.5 Å². The van der Waals surface area contributed by atoms with Crippen molar-refractivity contribution in [3.63, 3.8) is 0 Å². The molecular weight excluding hydrogens is 464 g/mol. The Morgan fingerprint density at radius 1 is 1.05 bits per heavy atom. The van der Waals surface area contributed by atoms with E-state index in [1.807, 2.05) is 94.6 Å². The Hall–Kier alpha value is -4.32. The highest BCUT2D eigenvalue weighted by molar-refractivity contribution is 6.52. The maximum absolute atomic E-state index is 13.6. The topological polar surface area (TPSA) is 82.6 Å². The Kier molecular flexibility index (Phi) is 6.34. The van der Waals surface area contributed by atoms with Gasteiger partial charge in [0.25, 0.3) is 11.7 Å². The first kappa shape index (κ1) is 24.4. The molecule has 0 bridgehead atoms. The summed E-state index contributed by atoms with van der Waals surface area (Å²) in [5, 5.41) is 12.5. The highest BCUT2D eigenvalue weighted by Crippen LogP contribution is 2.45. The van der Waals surface area contributed by atoms with Gasteiger partial charge in [-0.15, -0.1) is 0 Å². The van der Waals surface area contributed by atoms with E-state index < -0.39 is 17.7 Å². The number of ether oxygens (including phenoxy) is 1. The van der Waals surface area contributed by atoms with Gasteiger partial charge in [-0.05, 0) is 61.2 Å². The van der Waals surface area contributed by atoms with Crippen molar-refractivity contribution >= 4 is 34.0 Å². The molecule has 2 N–H and O–H groups in total. The van der Waals surface area contributed by atoms with Crippen LogP contribution in [0.4, 0.5) is 5.69 Å². The number of rotatable bonds is 6. The number of benzene rings is 3. The van der Waals surface area contributed by atoms with Crippen LogP contribution < -0.4 is 9.64 Å². The number of fused-ring (bicyclic) bond motifs is 1. The van der Waals surface area contributed by atoms with Crippen molar-refractivity contribution in [1.82, 2.24) is 4.98 Å². The quantitative estimate of drug-likeness (QED) is 0.179. The van der Waals surface area contributed by atoms with Gasteiger partial charge in [0.15, 0.2) is 0 Å². The van der Waals surface area contributed by atoms with Crippen LogP contribution in [0.5, 0.6) is 5.75 Å². The molecule has 1 atom stereocenters. The molecule has 0 radical (unpaired) electrons. The lowest BCUT2D eigenvalue weighted by molar-refractivity contribution is -0.132. The monoisotopic (exact) mass is 494 g/mol. The van der Waals surface area contributed by atoms with Gasteiger partial charge in [0.2, 0.25) is 0 Å². The summed E-state index contributed by atoms with van der Waals surface area (Å²) >= 11 is 0. The van der Waals surface area contributed by atoms with Crippen LogP contribution in [-0.4, -0.2) is 28.4 Å². The molecule has 1 aromatic heterocycles. The number of amides is 1. The van der Waals surface area contributed by atoms with E-state index in [4.69, 9.17) is 4.74 Å². The molecule has 2 heterocycles. The first-order valence-electron chi connectivity index (χ1n) is 12.5. The van der Waals surface area contributed by atoms with Crippen molar-refractivity contribution in [3.05, 3.63) is 101 Å². The number of nitrogens with zero attached hydrogens (tertiary/aromatic N) is 1. The number of aliphatic hydroxyl groups excluding tert-OH is 1. The zero-order valence-corrected chi connectivity index (χ0v) is 21.4. The molecule has 3 aromatic carbocycles. The molecule has 0 aliphatic carbocycles. The summed E-state index contributed by atoms with van der Waals surface area (Å²) < 4.78 is 5.78. The average Bonchev–Trinajstić information content (AvgIpc) is 3.43. The SMILES string of the molecule is CCOc1ccc(/C(O)=C2\C(=O)C(=O)N(c3ccccc3C)C2c2c[nH]c3ccccc23)cc1C(C)C. The lowest BCUT2D eigenvalue weighted by Crippen LogP contribution is -2.30. The van der Waals surface area contributed by atoms with E-state index in [0.29, 0.717) is 17.9 Å². The molecule has 0 spiro atoms. The highest BCUT2D eigenvalue weighted by Gasteiger charge is 2.48. The van der Waals surface area contributed by atoms with Crippen molar-refractivity contribution in [2.75, 3.05) is 11.5 Å². The molecule has 1 unspecified atom stereocenters. The van der Waals surface area contributed by atoms with Gasteiger partial charge < -0.3 is 14.8 Å². The summed E-state index contributed by atoms with van der Waals surface area (Å²) in [6.45, 7) is 8.44. The van der Waals surface area contributed by atoms with E-state index in [9.17, 15) is 14.7 Å². The second-order valence-corrected chi connectivity index (χ2v) is 9.59. The van der Waals surface area contributed by atoms with Crippen LogP contribution in [0.3, 0.4) is 0 Å². The number of hydrogen-bond acceptors (Lipinski definition) is 4. The molecule has 1 aliphatic heterocycles. The van der Waals surface area contributed by atoms with Crippen molar-refractivity contribution in [3.8, 4) is 5.75 Å². The number of anilines is 1. The second-order valence-electron chi connectivity index (χ2n) is 9.59. The van der Waals surface area contributed by atoms with Gasteiger partial charge in [0, 0.05) is 33.9 Å². The number of ketones is 1. The van der Waals surface area contributed by atoms with Crippen molar-refractivity contribution in [1.29, 1.82) is 0 Å². The molecule has 1 fully saturated rings. The largest absolute Gasteiger partial charge is 0.507 e. The minimum atomic E-state index is -0.800. The third-order valence-electron chi connectivity index (χ3n) is 6.94. The first-order valence-corrected chi connectivity index (χ1v) is 12.5. The third-order valence-corrected chi connectivity index (χ3v) is 6.94. The van der Waals surface area contributed by atoms with Crippen molar-refractivity contribution in [2.24, 2.45) is 0 Å². The number of hydrogen-bond donors (Lipinski definition) is 2. The zero-order chi connectivity index (χ0) is 26.3. The molecule has 1 amide bonds. The standard InChI is InChI=1S/C31H30N2O4/c1-5-37-26-15-14-20(16-22(26)18(2)3)29(34)27-28(23-17-32-24-12-8-7-11-21(23)24)33(31(36)30(27)35)25-13-9-6-10-19(25)4/h6-18,28,32,34H,5H2,1-4H3/b29-27+. The minimum absolute atomic E-state index is 0.0665. The Morgan fingerprint density at radius 2 is 1.78 bits per heavy atom. The van der Waals surface area contributed by atoms with Gasteiger partial charge in [-0.2, -0.15) is 0 Å². The molecule has 4 aromatic rings. The van der Waals surface area contributed by atoms with Crippen LogP contribution in [0.1, 0.15) is 55.0 Å². The van der Waals surface area contributed by atoms with E-state index in [2.05, 4.69) is 4.98 Å². The number of aryl methyl sites for hydroxylation is 1. The highest BCUT2D eigenvalue weighted by atomic mass is 16.5. The Morgan fingerprint density at radius 3 is 2.51 bits per heavy atom. The number of aromatic nitrogens is 1. The summed E-state index contributed by atoms with van der Waals surface area (Å²) in [7, 11) is 0. The van der Waals surface area contributed by atoms with E-state index in [-0.39, 0.29) is 17.3 Å². The second kappa shape index (κ2) is 9.62. The summed E-state index contributed by atoms with van der Waals surface area (Å²) in [6.07, 6.45) is 1.82. The number of nitrogens with one attached hydrogen (secondary N) is 1. The lowest BCUT2D eigenvalue weighted by atomic mass is 9.92. The average molecular weight is 495 g/mol. The molecule has 5 rings (SSSR count). The molecule has 6 nitrogen and oxygen atoms in total. The van der Waals surface area contributed by atoms with E-state index in [1.165, 1.54) is 4.90 Å². The maximum atomic E-state index is 13.6. The molecular formula is C31H30N2O4. The zero-order valence-electron chi connectivity index (χ0n) is 21.4. The fourth-order valence-electron chi connectivity index (χ4n) is 5.12. The Labute approximate surface area is 216 Å². The predicted octanol–water partition coefficient (Wildman–Crippen LogP) is 6.62. The Bertz CT molecular complexity index is 1550. The first-order chi connectivity index (χ1) is 17.8. The van der Waals surface area contributed by atoms with Crippen LogP contribution >= 0.6 is 0 Å². The molecule has 0 saturated carbocycles. The van der Waals surface area contributed by atoms with Crippen LogP contribution in [-0.2, 0) is 9.59 Å². The van der Waals surface area contributed by atoms with E-state index in [1.54, 1.807) is 6.07 Å². The van der Waals surface area contributed by atoms with E-state index in [0.717, 1.165) is 33.3 Å². The third kappa shape index (κ3) is 4.08. The number of aliphatic hydroxyl groups is 1. The van der Waals surface area contributed by atoms with Crippen molar-refractivity contribution < 1.29 is 19.4 Å². The molecule has 1 saturated heterocycles. The molecule has 188 valence electrons. The van der Waals surface area contributed by atoms with Gasteiger partial charge in [-0.1, -0.05) is 50.2 Å². The molecule has 37 heavy (non-hydrogen) atoms. The van der Waals surface area contributed by atoms with Gasteiger partial charge in [0.05, 0.1) is 18.2 Å². The predicted molar refractivity (Wildman–Crippen MR) is 146 cm³/mol. The number of carbonyl (C=O) groups is 2. The summed E-state index contributed by atoms with van der Waals surface area (Å²) in [6, 6.07) is 19.8. The Balaban J connectivity index is 1.76. The summed E-state index contributed by atoms with van der Waals surface area (Å²) in [5.74, 6) is -0.706. The smallest absolute Gasteiger partial charge is 0.300 e. The minimum Gasteiger partial charge on any atom is -0.507 e. The fraction of sp³-hybridized carbons (Fsp3) is 0.226.